The van der Waals surface area contributed by atoms with Crippen molar-refractivity contribution in [2.75, 3.05) is 42.9 Å². The highest BCUT2D eigenvalue weighted by Crippen LogP contribution is 2.10. The van der Waals surface area contributed by atoms with Crippen LogP contribution in [0.1, 0.15) is 0 Å². The molecule has 0 radical (unpaired) electrons. The number of carbonyl (C=O) groups is 1. The number of nitrogens with zero attached hydrogens (tertiary/aromatic N) is 5. The van der Waals surface area contributed by atoms with Crippen LogP contribution in [-0.4, -0.2) is 59.5 Å². The smallest absolute Gasteiger partial charge is 0.246 e. The molecule has 1 aliphatic heterocycles. The van der Waals surface area contributed by atoms with Crippen LogP contribution in [0.15, 0.2) is 47.7 Å². The molecule has 1 saturated heterocycles. The Morgan fingerprint density at radius 2 is 1.81 bits per heavy atom. The van der Waals surface area contributed by atoms with E-state index >= 15 is 0 Å². The minimum absolute atomic E-state index is 0.0920. The summed E-state index contributed by atoms with van der Waals surface area (Å²) in [6.45, 7) is 2.70. The number of guanidine groups is 1. The van der Waals surface area contributed by atoms with E-state index in [-0.39, 0.29) is 18.3 Å². The second kappa shape index (κ2) is 8.24. The average Bonchev–Trinajstić information content (AvgIpc) is 2.69. The van der Waals surface area contributed by atoms with E-state index in [2.05, 4.69) is 25.2 Å². The highest BCUT2D eigenvalue weighted by atomic mass is 19.1. The Kier molecular flexibility index (Phi) is 5.57. The van der Waals surface area contributed by atoms with Crippen LogP contribution in [0.2, 0.25) is 0 Å². The largest absolute Gasteiger partial charge is 0.370 e. The molecule has 8 nitrogen and oxygen atoms in total. The van der Waals surface area contributed by atoms with Gasteiger partial charge in [0.15, 0.2) is 5.96 Å². The van der Waals surface area contributed by atoms with Crippen molar-refractivity contribution in [3.63, 3.8) is 0 Å². The minimum Gasteiger partial charge on any atom is -0.370 e. The van der Waals surface area contributed by atoms with Crippen LogP contribution in [0.5, 0.6) is 0 Å². The van der Waals surface area contributed by atoms with E-state index in [0.29, 0.717) is 30.7 Å². The van der Waals surface area contributed by atoms with E-state index < -0.39 is 0 Å². The Morgan fingerprint density at radius 1 is 1.15 bits per heavy atom. The topological polar surface area (TPSA) is 99.7 Å². The number of aromatic nitrogens is 2. The summed E-state index contributed by atoms with van der Waals surface area (Å²) in [5.74, 6) is 0.357. The standard InChI is InChI=1S/C17H20FN7O/c18-13-2-4-14(5-3-13)23-15(26)12-22-16(19)24-8-10-25(11-9-24)17-20-6-1-7-21-17/h1-7H,8-12H2,(H2,19,22)(H,23,26). The highest BCUT2D eigenvalue weighted by molar-refractivity contribution is 5.93. The molecule has 0 aliphatic carbocycles. The molecule has 1 aromatic heterocycles. The van der Waals surface area contributed by atoms with Crippen molar-refractivity contribution in [1.29, 1.82) is 0 Å². The summed E-state index contributed by atoms with van der Waals surface area (Å²) in [5.41, 5.74) is 6.51. The van der Waals surface area contributed by atoms with Crippen molar-refractivity contribution >= 4 is 23.5 Å². The van der Waals surface area contributed by atoms with Gasteiger partial charge in [-0.25, -0.2) is 19.4 Å². The van der Waals surface area contributed by atoms with E-state index in [4.69, 9.17) is 5.73 Å². The third-order valence-electron chi connectivity index (χ3n) is 3.95. The van der Waals surface area contributed by atoms with Gasteiger partial charge in [-0.2, -0.15) is 0 Å². The molecule has 9 heteroatoms. The first kappa shape index (κ1) is 17.6. The van der Waals surface area contributed by atoms with Crippen LogP contribution in [0.3, 0.4) is 0 Å². The zero-order valence-corrected chi connectivity index (χ0v) is 14.2. The molecule has 2 heterocycles. The number of hydrogen-bond donors (Lipinski definition) is 2. The Bertz CT molecular complexity index is 758. The number of aliphatic imine (C=N–C) groups is 1. The number of benzene rings is 1. The number of halogens is 1. The van der Waals surface area contributed by atoms with Crippen molar-refractivity contribution in [2.45, 2.75) is 0 Å². The first-order valence-corrected chi connectivity index (χ1v) is 8.24. The molecule has 3 N–H and O–H groups in total. The van der Waals surface area contributed by atoms with Crippen LogP contribution >= 0.6 is 0 Å². The summed E-state index contributed by atoms with van der Waals surface area (Å²) in [6, 6.07) is 7.32. The third-order valence-corrected chi connectivity index (χ3v) is 3.95. The molecule has 136 valence electrons. The second-order valence-corrected chi connectivity index (χ2v) is 5.75. The van der Waals surface area contributed by atoms with Gasteiger partial charge in [-0.3, -0.25) is 4.79 Å². The van der Waals surface area contributed by atoms with Gasteiger partial charge in [0.25, 0.3) is 0 Å². The van der Waals surface area contributed by atoms with Crippen LogP contribution in [0, 0.1) is 5.82 Å². The van der Waals surface area contributed by atoms with Gasteiger partial charge in [0.05, 0.1) is 0 Å². The molecular formula is C17H20FN7O. The number of carbonyl (C=O) groups excluding carboxylic acids is 1. The van der Waals surface area contributed by atoms with E-state index in [1.54, 1.807) is 18.5 Å². The lowest BCUT2D eigenvalue weighted by Gasteiger charge is -2.35. The van der Waals surface area contributed by atoms with Gasteiger partial charge in [0.1, 0.15) is 12.4 Å². The first-order chi connectivity index (χ1) is 12.6. The molecule has 0 spiro atoms. The molecule has 1 fully saturated rings. The molecule has 1 aliphatic rings. The molecule has 1 amide bonds. The Morgan fingerprint density at radius 3 is 2.46 bits per heavy atom. The number of nitrogens with two attached hydrogens (primary N) is 1. The molecule has 2 aromatic rings. The zero-order chi connectivity index (χ0) is 18.4. The van der Waals surface area contributed by atoms with Crippen molar-refractivity contribution in [2.24, 2.45) is 10.7 Å². The lowest BCUT2D eigenvalue weighted by Crippen LogP contribution is -2.51. The fourth-order valence-corrected chi connectivity index (χ4v) is 2.58. The van der Waals surface area contributed by atoms with Gasteiger partial charge >= 0.3 is 0 Å². The molecule has 0 unspecified atom stereocenters. The maximum absolute atomic E-state index is 12.9. The number of nitrogens with one attached hydrogen (secondary N) is 1. The van der Waals surface area contributed by atoms with Gasteiger partial charge in [0.2, 0.25) is 11.9 Å². The molecular weight excluding hydrogens is 337 g/mol. The van der Waals surface area contributed by atoms with Gasteiger partial charge in [-0.1, -0.05) is 0 Å². The number of amides is 1. The molecule has 0 atom stereocenters. The van der Waals surface area contributed by atoms with Crippen LogP contribution in [0.4, 0.5) is 16.0 Å². The Balaban J connectivity index is 1.47. The Labute approximate surface area is 150 Å². The lowest BCUT2D eigenvalue weighted by molar-refractivity contribution is -0.114. The van der Waals surface area contributed by atoms with Crippen molar-refractivity contribution in [1.82, 2.24) is 14.9 Å². The van der Waals surface area contributed by atoms with E-state index in [1.165, 1.54) is 24.3 Å². The number of piperazine rings is 1. The maximum atomic E-state index is 12.9. The normalized spacial score (nSPS) is 15.0. The number of rotatable bonds is 4. The summed E-state index contributed by atoms with van der Waals surface area (Å²) >= 11 is 0. The van der Waals surface area contributed by atoms with Crippen molar-refractivity contribution < 1.29 is 9.18 Å². The van der Waals surface area contributed by atoms with E-state index in [0.717, 1.165) is 13.1 Å². The minimum atomic E-state index is -0.356. The molecule has 1 aromatic carbocycles. The third kappa shape index (κ3) is 4.65. The molecule has 26 heavy (non-hydrogen) atoms. The lowest BCUT2D eigenvalue weighted by atomic mass is 10.3. The predicted molar refractivity (Wildman–Crippen MR) is 97.3 cm³/mol. The van der Waals surface area contributed by atoms with Gasteiger partial charge in [0, 0.05) is 44.3 Å². The van der Waals surface area contributed by atoms with Crippen molar-refractivity contribution in [3.8, 4) is 0 Å². The Hall–Kier alpha value is -3.23. The van der Waals surface area contributed by atoms with E-state index in [9.17, 15) is 9.18 Å². The summed E-state index contributed by atoms with van der Waals surface area (Å²) in [7, 11) is 0. The monoisotopic (exact) mass is 357 g/mol. The quantitative estimate of drug-likeness (QED) is 0.617. The zero-order valence-electron chi connectivity index (χ0n) is 14.2. The maximum Gasteiger partial charge on any atom is 0.246 e. The average molecular weight is 357 g/mol. The highest BCUT2D eigenvalue weighted by Gasteiger charge is 2.20. The van der Waals surface area contributed by atoms with Crippen LogP contribution in [-0.2, 0) is 4.79 Å². The van der Waals surface area contributed by atoms with Crippen LogP contribution < -0.4 is 16.0 Å². The van der Waals surface area contributed by atoms with Gasteiger partial charge in [-0.05, 0) is 30.3 Å². The first-order valence-electron chi connectivity index (χ1n) is 8.24. The summed E-state index contributed by atoms with van der Waals surface area (Å²) in [6.07, 6.45) is 3.43. The van der Waals surface area contributed by atoms with Gasteiger partial charge < -0.3 is 20.9 Å². The fourth-order valence-electron chi connectivity index (χ4n) is 2.58. The predicted octanol–water partition coefficient (Wildman–Crippen LogP) is 0.691. The number of hydrogen-bond acceptors (Lipinski definition) is 5. The summed E-state index contributed by atoms with van der Waals surface area (Å²) in [4.78, 5) is 28.5. The fraction of sp³-hybridized carbons (Fsp3) is 0.294. The van der Waals surface area contributed by atoms with Crippen LogP contribution in [0.25, 0.3) is 0 Å². The van der Waals surface area contributed by atoms with Gasteiger partial charge in [-0.15, -0.1) is 0 Å². The van der Waals surface area contributed by atoms with Crippen molar-refractivity contribution in [3.05, 3.63) is 48.5 Å². The van der Waals surface area contributed by atoms with E-state index in [1.807, 2.05) is 4.90 Å². The summed E-state index contributed by atoms with van der Waals surface area (Å²) in [5, 5.41) is 2.64. The second-order valence-electron chi connectivity index (χ2n) is 5.75. The molecule has 3 rings (SSSR count). The molecule has 0 bridgehead atoms. The number of anilines is 2. The summed E-state index contributed by atoms with van der Waals surface area (Å²) < 4.78 is 12.9. The molecule has 0 saturated carbocycles. The SMILES string of the molecule is NC(=NCC(=O)Nc1ccc(F)cc1)N1CCN(c2ncccn2)CC1.